The number of ether oxygens (including phenoxy) is 2. The van der Waals surface area contributed by atoms with E-state index in [9.17, 15) is 14.4 Å². The number of aromatic nitrogens is 4. The second kappa shape index (κ2) is 9.35. The second-order valence-corrected chi connectivity index (χ2v) is 7.11. The maximum atomic E-state index is 13.2. The van der Waals surface area contributed by atoms with Crippen LogP contribution in [-0.4, -0.2) is 39.2 Å². The molecule has 0 spiro atoms. The number of hydrogen-bond donors (Lipinski definition) is 1. The van der Waals surface area contributed by atoms with Gasteiger partial charge in [-0.25, -0.2) is 9.78 Å². The maximum Gasteiger partial charge on any atom is 0.332 e. The summed E-state index contributed by atoms with van der Waals surface area (Å²) in [6.07, 6.45) is 4.64. The SMILES string of the molecule is COc1ccc(NC(=O)Cn2c(=O)n(Cc3cccnc3)c(=O)c3ncccc32)cc1OC. The summed E-state index contributed by atoms with van der Waals surface area (Å²) in [6.45, 7) is -0.308. The molecule has 1 amide bonds. The Bertz CT molecular complexity index is 1430. The van der Waals surface area contributed by atoms with Crippen LogP contribution in [-0.2, 0) is 17.9 Å². The zero-order valence-corrected chi connectivity index (χ0v) is 18.0. The molecule has 0 bridgehead atoms. The number of pyridine rings is 2. The van der Waals surface area contributed by atoms with Crippen LogP contribution in [0.4, 0.5) is 5.69 Å². The molecule has 1 aromatic carbocycles. The van der Waals surface area contributed by atoms with E-state index >= 15 is 0 Å². The second-order valence-electron chi connectivity index (χ2n) is 7.11. The lowest BCUT2D eigenvalue weighted by Crippen LogP contribution is -2.42. The van der Waals surface area contributed by atoms with Gasteiger partial charge in [0.25, 0.3) is 5.56 Å². The number of anilines is 1. The number of fused-ring (bicyclic) bond motifs is 1. The Morgan fingerprint density at radius 3 is 2.52 bits per heavy atom. The van der Waals surface area contributed by atoms with Crippen molar-refractivity contribution in [2.45, 2.75) is 13.1 Å². The van der Waals surface area contributed by atoms with Crippen LogP contribution in [0, 0.1) is 0 Å². The van der Waals surface area contributed by atoms with E-state index in [2.05, 4.69) is 15.3 Å². The molecule has 0 saturated carbocycles. The Morgan fingerprint density at radius 2 is 1.79 bits per heavy atom. The molecule has 0 aliphatic carbocycles. The van der Waals surface area contributed by atoms with Crippen molar-refractivity contribution < 1.29 is 14.3 Å². The molecule has 10 heteroatoms. The summed E-state index contributed by atoms with van der Waals surface area (Å²) in [5, 5.41) is 2.74. The minimum absolute atomic E-state index is 0.00924. The van der Waals surface area contributed by atoms with Crippen LogP contribution >= 0.6 is 0 Å². The van der Waals surface area contributed by atoms with E-state index in [0.29, 0.717) is 22.7 Å². The van der Waals surface area contributed by atoms with E-state index in [1.54, 1.807) is 54.9 Å². The molecule has 33 heavy (non-hydrogen) atoms. The maximum absolute atomic E-state index is 13.2. The molecule has 168 valence electrons. The zero-order chi connectivity index (χ0) is 23.4. The van der Waals surface area contributed by atoms with Crippen LogP contribution in [0.3, 0.4) is 0 Å². The van der Waals surface area contributed by atoms with Crippen LogP contribution in [0.1, 0.15) is 5.56 Å². The van der Waals surface area contributed by atoms with Crippen molar-refractivity contribution in [2.75, 3.05) is 19.5 Å². The van der Waals surface area contributed by atoms with Gasteiger partial charge >= 0.3 is 5.69 Å². The first-order valence-corrected chi connectivity index (χ1v) is 10.0. The van der Waals surface area contributed by atoms with Crippen molar-refractivity contribution in [1.82, 2.24) is 19.1 Å². The largest absolute Gasteiger partial charge is 0.493 e. The molecule has 3 aromatic heterocycles. The number of hydrogen-bond acceptors (Lipinski definition) is 7. The normalized spacial score (nSPS) is 10.7. The Balaban J connectivity index is 1.70. The molecule has 0 saturated heterocycles. The molecule has 1 N–H and O–H groups in total. The molecule has 3 heterocycles. The fourth-order valence-electron chi connectivity index (χ4n) is 3.47. The Morgan fingerprint density at radius 1 is 1.00 bits per heavy atom. The number of nitrogens with one attached hydrogen (secondary N) is 1. The summed E-state index contributed by atoms with van der Waals surface area (Å²) < 4.78 is 12.7. The van der Waals surface area contributed by atoms with Gasteiger partial charge in [0, 0.05) is 30.3 Å². The fraction of sp³-hybridized carbons (Fsp3) is 0.174. The van der Waals surface area contributed by atoms with Gasteiger partial charge in [-0.05, 0) is 35.9 Å². The number of benzene rings is 1. The summed E-state index contributed by atoms with van der Waals surface area (Å²) in [5.74, 6) is 0.513. The minimum atomic E-state index is -0.619. The highest BCUT2D eigenvalue weighted by Gasteiger charge is 2.17. The highest BCUT2D eigenvalue weighted by molar-refractivity contribution is 5.91. The van der Waals surface area contributed by atoms with Crippen molar-refractivity contribution in [1.29, 1.82) is 0 Å². The van der Waals surface area contributed by atoms with E-state index < -0.39 is 17.2 Å². The summed E-state index contributed by atoms with van der Waals surface area (Å²) in [5.41, 5.74) is 0.366. The van der Waals surface area contributed by atoms with Crippen molar-refractivity contribution in [2.24, 2.45) is 0 Å². The lowest BCUT2D eigenvalue weighted by molar-refractivity contribution is -0.116. The molecule has 0 radical (unpaired) electrons. The third-order valence-electron chi connectivity index (χ3n) is 5.02. The molecule has 0 aliphatic rings. The van der Waals surface area contributed by atoms with Gasteiger partial charge in [0.05, 0.1) is 26.3 Å². The van der Waals surface area contributed by atoms with Gasteiger partial charge in [-0.3, -0.25) is 23.7 Å². The molecule has 10 nitrogen and oxygen atoms in total. The molecule has 0 unspecified atom stereocenters. The summed E-state index contributed by atoms with van der Waals surface area (Å²) >= 11 is 0. The number of carbonyl (C=O) groups is 1. The van der Waals surface area contributed by atoms with Crippen molar-refractivity contribution >= 4 is 22.6 Å². The zero-order valence-electron chi connectivity index (χ0n) is 18.0. The Labute approximate surface area is 188 Å². The number of amides is 1. The molecule has 0 atom stereocenters. The van der Waals surface area contributed by atoms with Crippen LogP contribution in [0.15, 0.2) is 70.6 Å². The summed E-state index contributed by atoms with van der Waals surface area (Å²) in [4.78, 5) is 47.2. The van der Waals surface area contributed by atoms with Crippen molar-refractivity contribution in [3.8, 4) is 11.5 Å². The van der Waals surface area contributed by atoms with Gasteiger partial charge in [0.2, 0.25) is 5.91 Å². The average Bonchev–Trinajstić information content (AvgIpc) is 2.85. The first-order chi connectivity index (χ1) is 16.0. The van der Waals surface area contributed by atoms with E-state index in [0.717, 1.165) is 4.57 Å². The third kappa shape index (κ3) is 4.45. The van der Waals surface area contributed by atoms with E-state index in [4.69, 9.17) is 9.47 Å². The van der Waals surface area contributed by atoms with Crippen molar-refractivity contribution in [3.05, 3.63) is 87.5 Å². The highest BCUT2D eigenvalue weighted by Crippen LogP contribution is 2.29. The number of methoxy groups -OCH3 is 2. The molecule has 4 rings (SSSR count). The first-order valence-electron chi connectivity index (χ1n) is 10.0. The van der Waals surface area contributed by atoms with Gasteiger partial charge in [-0.15, -0.1) is 0 Å². The number of nitrogens with zero attached hydrogens (tertiary/aromatic N) is 4. The fourth-order valence-corrected chi connectivity index (χ4v) is 3.47. The van der Waals surface area contributed by atoms with E-state index in [1.165, 1.54) is 25.0 Å². The van der Waals surface area contributed by atoms with E-state index in [-0.39, 0.29) is 24.1 Å². The van der Waals surface area contributed by atoms with Crippen LogP contribution in [0.5, 0.6) is 11.5 Å². The number of carbonyl (C=O) groups excluding carboxylic acids is 1. The highest BCUT2D eigenvalue weighted by atomic mass is 16.5. The third-order valence-corrected chi connectivity index (χ3v) is 5.02. The average molecular weight is 447 g/mol. The van der Waals surface area contributed by atoms with E-state index in [1.807, 2.05) is 0 Å². The standard InChI is InChI=1S/C23H21N5O5/c1-32-18-8-7-16(11-19(18)33-2)26-20(29)14-27-17-6-4-10-25-21(17)22(30)28(23(27)31)13-15-5-3-9-24-12-15/h3-12H,13-14H2,1-2H3,(H,26,29). The minimum Gasteiger partial charge on any atom is -0.493 e. The van der Waals surface area contributed by atoms with Gasteiger partial charge < -0.3 is 14.8 Å². The molecule has 0 fully saturated rings. The topological polar surface area (TPSA) is 117 Å². The van der Waals surface area contributed by atoms with Gasteiger partial charge in [-0.1, -0.05) is 6.07 Å². The Hall–Kier alpha value is -4.47. The van der Waals surface area contributed by atoms with Crippen LogP contribution < -0.4 is 26.0 Å². The monoisotopic (exact) mass is 447 g/mol. The molecular formula is C23H21N5O5. The van der Waals surface area contributed by atoms with Gasteiger partial charge in [-0.2, -0.15) is 0 Å². The lowest BCUT2D eigenvalue weighted by Gasteiger charge is -2.14. The van der Waals surface area contributed by atoms with Gasteiger partial charge in [0.15, 0.2) is 17.0 Å². The van der Waals surface area contributed by atoms with Crippen LogP contribution in [0.25, 0.3) is 11.0 Å². The smallest absolute Gasteiger partial charge is 0.332 e. The molecular weight excluding hydrogens is 426 g/mol. The predicted molar refractivity (Wildman–Crippen MR) is 122 cm³/mol. The van der Waals surface area contributed by atoms with Crippen molar-refractivity contribution in [3.63, 3.8) is 0 Å². The quantitative estimate of drug-likeness (QED) is 0.458. The lowest BCUT2D eigenvalue weighted by atomic mass is 10.2. The summed E-state index contributed by atoms with van der Waals surface area (Å²) in [6, 6.07) is 11.6. The predicted octanol–water partition coefficient (Wildman–Crippen LogP) is 1.66. The van der Waals surface area contributed by atoms with Gasteiger partial charge in [0.1, 0.15) is 6.54 Å². The summed E-state index contributed by atoms with van der Waals surface area (Å²) in [7, 11) is 3.01. The number of rotatable bonds is 7. The van der Waals surface area contributed by atoms with Crippen LogP contribution in [0.2, 0.25) is 0 Å². The Kier molecular flexibility index (Phi) is 6.16. The first kappa shape index (κ1) is 21.8. The molecule has 4 aromatic rings. The molecule has 0 aliphatic heterocycles.